The SMILES string of the molecule is CC(C)(O)C#Cc1cccc(C(=O)N[C@H]2CCCc3c2cnn3-c2ccc(F)cc2F)c1. The van der Waals surface area contributed by atoms with Crippen LogP contribution in [0, 0.1) is 23.5 Å². The van der Waals surface area contributed by atoms with Crippen molar-refractivity contribution in [2.45, 2.75) is 44.8 Å². The Morgan fingerprint density at radius 1 is 1.25 bits per heavy atom. The van der Waals surface area contributed by atoms with Crippen molar-refractivity contribution in [1.29, 1.82) is 0 Å². The van der Waals surface area contributed by atoms with E-state index in [9.17, 15) is 18.7 Å². The first kappa shape index (κ1) is 21.7. The van der Waals surface area contributed by atoms with Crippen molar-refractivity contribution in [3.05, 3.63) is 82.7 Å². The number of nitrogens with zero attached hydrogens (tertiary/aromatic N) is 2. The third-order valence-corrected chi connectivity index (χ3v) is 5.26. The van der Waals surface area contributed by atoms with Crippen molar-refractivity contribution in [1.82, 2.24) is 15.1 Å². The van der Waals surface area contributed by atoms with Crippen molar-refractivity contribution in [3.63, 3.8) is 0 Å². The van der Waals surface area contributed by atoms with E-state index in [2.05, 4.69) is 22.3 Å². The van der Waals surface area contributed by atoms with Gasteiger partial charge in [0.15, 0.2) is 5.82 Å². The van der Waals surface area contributed by atoms with Gasteiger partial charge in [-0.2, -0.15) is 5.10 Å². The molecule has 1 aromatic heterocycles. The molecular weight excluding hydrogens is 412 g/mol. The number of hydrogen-bond donors (Lipinski definition) is 2. The summed E-state index contributed by atoms with van der Waals surface area (Å²) in [5.41, 5.74) is 1.77. The molecule has 0 saturated carbocycles. The van der Waals surface area contributed by atoms with Gasteiger partial charge in [-0.3, -0.25) is 4.79 Å². The molecule has 0 fully saturated rings. The fraction of sp³-hybridized carbons (Fsp3) is 0.280. The van der Waals surface area contributed by atoms with E-state index in [0.29, 0.717) is 17.5 Å². The molecule has 1 aliphatic carbocycles. The Kier molecular flexibility index (Phi) is 5.81. The molecule has 4 rings (SSSR count). The van der Waals surface area contributed by atoms with E-state index >= 15 is 0 Å². The number of benzene rings is 2. The van der Waals surface area contributed by atoms with E-state index < -0.39 is 17.2 Å². The van der Waals surface area contributed by atoms with Gasteiger partial charge in [0.25, 0.3) is 5.91 Å². The summed E-state index contributed by atoms with van der Waals surface area (Å²) >= 11 is 0. The molecular formula is C25H23F2N3O2. The number of carbonyl (C=O) groups excluding carboxylic acids is 1. The quantitative estimate of drug-likeness (QED) is 0.610. The normalized spacial score (nSPS) is 15.5. The van der Waals surface area contributed by atoms with Crippen LogP contribution < -0.4 is 5.32 Å². The van der Waals surface area contributed by atoms with Crippen molar-refractivity contribution >= 4 is 5.91 Å². The molecule has 0 spiro atoms. The number of amides is 1. The van der Waals surface area contributed by atoms with Crippen LogP contribution in [0.15, 0.2) is 48.7 Å². The van der Waals surface area contributed by atoms with E-state index in [1.807, 2.05) is 0 Å². The third kappa shape index (κ3) is 4.71. The summed E-state index contributed by atoms with van der Waals surface area (Å²) in [6, 6.07) is 10.0. The van der Waals surface area contributed by atoms with Gasteiger partial charge in [-0.05, 0) is 63.4 Å². The highest BCUT2D eigenvalue weighted by atomic mass is 19.1. The lowest BCUT2D eigenvalue weighted by molar-refractivity contribution is 0.0932. The summed E-state index contributed by atoms with van der Waals surface area (Å²) in [6.07, 6.45) is 3.84. The molecule has 164 valence electrons. The Balaban J connectivity index is 1.57. The van der Waals surface area contributed by atoms with E-state index in [1.165, 1.54) is 16.8 Å². The molecule has 0 unspecified atom stereocenters. The topological polar surface area (TPSA) is 67.2 Å². The molecule has 1 amide bonds. The summed E-state index contributed by atoms with van der Waals surface area (Å²) < 4.78 is 29.1. The van der Waals surface area contributed by atoms with Crippen molar-refractivity contribution in [3.8, 4) is 17.5 Å². The molecule has 0 bridgehead atoms. The van der Waals surface area contributed by atoms with Crippen LogP contribution in [0.1, 0.15) is 59.9 Å². The minimum absolute atomic E-state index is 0.178. The van der Waals surface area contributed by atoms with Crippen molar-refractivity contribution < 1.29 is 18.7 Å². The van der Waals surface area contributed by atoms with Crippen LogP contribution in [0.3, 0.4) is 0 Å². The first-order valence-corrected chi connectivity index (χ1v) is 10.4. The van der Waals surface area contributed by atoms with E-state index in [4.69, 9.17) is 0 Å². The van der Waals surface area contributed by atoms with Crippen LogP contribution in [0.25, 0.3) is 5.69 Å². The maximum Gasteiger partial charge on any atom is 0.251 e. The zero-order valence-corrected chi connectivity index (χ0v) is 17.8. The number of carbonyl (C=O) groups is 1. The largest absolute Gasteiger partial charge is 0.378 e. The van der Waals surface area contributed by atoms with Gasteiger partial charge in [0.05, 0.1) is 12.2 Å². The number of rotatable bonds is 3. The lowest BCUT2D eigenvalue weighted by Gasteiger charge is -2.24. The summed E-state index contributed by atoms with van der Waals surface area (Å²) in [5.74, 6) is 4.02. The predicted molar refractivity (Wildman–Crippen MR) is 116 cm³/mol. The van der Waals surface area contributed by atoms with Crippen molar-refractivity contribution in [2.24, 2.45) is 0 Å². The number of nitrogens with one attached hydrogen (secondary N) is 1. The minimum atomic E-state index is -1.12. The first-order valence-electron chi connectivity index (χ1n) is 10.4. The maximum absolute atomic E-state index is 14.3. The van der Waals surface area contributed by atoms with Gasteiger partial charge in [0, 0.05) is 28.5 Å². The fourth-order valence-corrected chi connectivity index (χ4v) is 3.77. The van der Waals surface area contributed by atoms with Crippen LogP contribution >= 0.6 is 0 Å². The second kappa shape index (κ2) is 8.56. The third-order valence-electron chi connectivity index (χ3n) is 5.26. The van der Waals surface area contributed by atoms with Gasteiger partial charge in [0.1, 0.15) is 17.1 Å². The molecule has 0 radical (unpaired) electrons. The van der Waals surface area contributed by atoms with E-state index in [1.54, 1.807) is 44.3 Å². The lowest BCUT2D eigenvalue weighted by Crippen LogP contribution is -2.31. The Bertz CT molecular complexity index is 1230. The van der Waals surface area contributed by atoms with Crippen LogP contribution in [0.4, 0.5) is 8.78 Å². The summed E-state index contributed by atoms with van der Waals surface area (Å²) in [5, 5.41) is 17.1. The van der Waals surface area contributed by atoms with Gasteiger partial charge >= 0.3 is 0 Å². The lowest BCUT2D eigenvalue weighted by atomic mass is 9.92. The first-order chi connectivity index (χ1) is 15.2. The van der Waals surface area contributed by atoms with Gasteiger partial charge in [0.2, 0.25) is 0 Å². The van der Waals surface area contributed by atoms with Crippen molar-refractivity contribution in [2.75, 3.05) is 0 Å². The average Bonchev–Trinajstić information content (AvgIpc) is 3.17. The second-order valence-corrected chi connectivity index (χ2v) is 8.36. The number of fused-ring (bicyclic) bond motifs is 1. The number of aromatic nitrogens is 2. The molecule has 2 N–H and O–H groups in total. The Labute approximate surface area is 185 Å². The van der Waals surface area contributed by atoms with Gasteiger partial charge < -0.3 is 10.4 Å². The summed E-state index contributed by atoms with van der Waals surface area (Å²) in [4.78, 5) is 12.9. The fourth-order valence-electron chi connectivity index (χ4n) is 3.77. The minimum Gasteiger partial charge on any atom is -0.378 e. The number of hydrogen-bond acceptors (Lipinski definition) is 3. The summed E-state index contributed by atoms with van der Waals surface area (Å²) in [6.45, 7) is 3.18. The van der Waals surface area contributed by atoms with Crippen LogP contribution in [-0.2, 0) is 6.42 Å². The van der Waals surface area contributed by atoms with E-state index in [-0.39, 0.29) is 17.6 Å². The highest BCUT2D eigenvalue weighted by Crippen LogP contribution is 2.32. The van der Waals surface area contributed by atoms with Crippen LogP contribution in [0.2, 0.25) is 0 Å². The monoisotopic (exact) mass is 435 g/mol. The van der Waals surface area contributed by atoms with Gasteiger partial charge in [-0.25, -0.2) is 13.5 Å². The highest BCUT2D eigenvalue weighted by molar-refractivity contribution is 5.94. The molecule has 0 aliphatic heterocycles. The summed E-state index contributed by atoms with van der Waals surface area (Å²) in [7, 11) is 0. The van der Waals surface area contributed by atoms with Gasteiger partial charge in [-0.15, -0.1) is 0 Å². The Morgan fingerprint density at radius 3 is 2.81 bits per heavy atom. The van der Waals surface area contributed by atoms with E-state index in [0.717, 1.165) is 30.2 Å². The zero-order valence-electron chi connectivity index (χ0n) is 17.8. The average molecular weight is 435 g/mol. The molecule has 1 heterocycles. The standard InChI is InChI=1S/C25H23F2N3O2/c1-25(2,32)12-11-16-5-3-6-17(13-16)24(31)29-21-7-4-8-22-19(21)15-28-30(22)23-10-9-18(26)14-20(23)27/h3,5-6,9-10,13-15,21,32H,4,7-8H2,1-2H3,(H,29,31)/t21-/m0/s1. The van der Waals surface area contributed by atoms with Crippen LogP contribution in [-0.4, -0.2) is 26.4 Å². The molecule has 1 atom stereocenters. The number of halogens is 2. The molecule has 0 saturated heterocycles. The number of aliphatic hydroxyl groups is 1. The highest BCUT2D eigenvalue weighted by Gasteiger charge is 2.27. The molecule has 5 nitrogen and oxygen atoms in total. The second-order valence-electron chi connectivity index (χ2n) is 8.36. The zero-order chi connectivity index (χ0) is 22.9. The van der Waals surface area contributed by atoms with Gasteiger partial charge in [-0.1, -0.05) is 17.9 Å². The molecule has 7 heteroatoms. The smallest absolute Gasteiger partial charge is 0.251 e. The molecule has 2 aromatic carbocycles. The predicted octanol–water partition coefficient (Wildman–Crippen LogP) is 4.08. The van der Waals surface area contributed by atoms with Crippen LogP contribution in [0.5, 0.6) is 0 Å². The molecule has 1 aliphatic rings. The molecule has 32 heavy (non-hydrogen) atoms. The maximum atomic E-state index is 14.3. The Hall–Kier alpha value is -3.50. The Morgan fingerprint density at radius 2 is 2.06 bits per heavy atom. The molecule has 3 aromatic rings.